The number of anilines is 1. The molecule has 1 fully saturated rings. The van der Waals surface area contributed by atoms with E-state index >= 15 is 0 Å². The number of fused-ring (bicyclic) bond motifs is 1. The average molecular weight is 528 g/mol. The lowest BCUT2D eigenvalue weighted by Crippen LogP contribution is -2.40. The van der Waals surface area contributed by atoms with Crippen LogP contribution in [0.25, 0.3) is 10.9 Å². The van der Waals surface area contributed by atoms with Crippen molar-refractivity contribution in [2.45, 2.75) is 56.8 Å². The van der Waals surface area contributed by atoms with Crippen molar-refractivity contribution in [3.05, 3.63) is 69.6 Å². The molecule has 0 saturated heterocycles. The van der Waals surface area contributed by atoms with Crippen LogP contribution in [0.2, 0.25) is 10.0 Å². The van der Waals surface area contributed by atoms with Gasteiger partial charge in [0.2, 0.25) is 5.91 Å². The second kappa shape index (κ2) is 10.6. The van der Waals surface area contributed by atoms with Gasteiger partial charge in [0.25, 0.3) is 0 Å². The first-order valence-corrected chi connectivity index (χ1v) is 12.0. The molecule has 35 heavy (non-hydrogen) atoms. The molecule has 0 bridgehead atoms. The number of nitrogens with zero attached hydrogens (tertiary/aromatic N) is 1. The highest BCUT2D eigenvalue weighted by Crippen LogP contribution is 2.35. The number of nitrogens with one attached hydrogen (secondary N) is 2. The highest BCUT2D eigenvalue weighted by molar-refractivity contribution is 6.31. The summed E-state index contributed by atoms with van der Waals surface area (Å²) in [4.78, 5) is 16.1. The molecular formula is C25H23Cl2F4N3O. The zero-order valence-corrected chi connectivity index (χ0v) is 20.1. The van der Waals surface area contributed by atoms with Crippen LogP contribution in [0.5, 0.6) is 0 Å². The van der Waals surface area contributed by atoms with Crippen molar-refractivity contribution in [3.8, 4) is 0 Å². The van der Waals surface area contributed by atoms with Crippen molar-refractivity contribution in [1.82, 2.24) is 10.3 Å². The summed E-state index contributed by atoms with van der Waals surface area (Å²) in [5, 5.41) is 7.22. The van der Waals surface area contributed by atoms with E-state index in [2.05, 4.69) is 15.6 Å². The number of benzene rings is 2. The average Bonchev–Trinajstić information content (AvgIpc) is 2.80. The van der Waals surface area contributed by atoms with Crippen LogP contribution in [0, 0.1) is 5.82 Å². The van der Waals surface area contributed by atoms with Gasteiger partial charge in [0.15, 0.2) is 0 Å². The van der Waals surface area contributed by atoms with Crippen LogP contribution >= 0.6 is 23.2 Å². The number of hydrogen-bond acceptors (Lipinski definition) is 3. The van der Waals surface area contributed by atoms with Crippen LogP contribution < -0.4 is 10.6 Å². The molecule has 10 heteroatoms. The summed E-state index contributed by atoms with van der Waals surface area (Å²) in [6, 6.07) is 10.0. The van der Waals surface area contributed by atoms with Crippen molar-refractivity contribution in [2.24, 2.45) is 0 Å². The van der Waals surface area contributed by atoms with Gasteiger partial charge in [-0.2, -0.15) is 13.2 Å². The van der Waals surface area contributed by atoms with Crippen molar-refractivity contribution in [2.75, 3.05) is 5.32 Å². The Hall–Kier alpha value is -2.58. The van der Waals surface area contributed by atoms with Crippen LogP contribution in [0.15, 0.2) is 42.5 Å². The number of amides is 1. The number of hydrogen-bond donors (Lipinski definition) is 2. The highest BCUT2D eigenvalue weighted by atomic mass is 35.5. The van der Waals surface area contributed by atoms with Gasteiger partial charge in [-0.3, -0.25) is 4.79 Å². The maximum atomic E-state index is 13.6. The van der Waals surface area contributed by atoms with E-state index in [9.17, 15) is 22.4 Å². The normalized spacial score (nSPS) is 18.5. The van der Waals surface area contributed by atoms with Gasteiger partial charge in [-0.15, -0.1) is 0 Å². The minimum atomic E-state index is -4.57. The fraction of sp³-hybridized carbons (Fsp3) is 0.360. The summed E-state index contributed by atoms with van der Waals surface area (Å²) in [6.07, 6.45) is -1.20. The Morgan fingerprint density at radius 1 is 1.00 bits per heavy atom. The van der Waals surface area contributed by atoms with E-state index in [0.29, 0.717) is 53.8 Å². The summed E-state index contributed by atoms with van der Waals surface area (Å²) in [7, 11) is 0. The lowest BCUT2D eigenvalue weighted by molar-refractivity contribution is -0.140. The van der Waals surface area contributed by atoms with E-state index in [1.807, 2.05) is 0 Å². The maximum absolute atomic E-state index is 13.6. The molecule has 1 aliphatic carbocycles. The number of aromatic nitrogens is 1. The lowest BCUT2D eigenvalue weighted by atomic mass is 9.90. The second-order valence-electron chi connectivity index (χ2n) is 8.72. The van der Waals surface area contributed by atoms with Gasteiger partial charge in [0, 0.05) is 34.6 Å². The first kappa shape index (κ1) is 25.5. The molecule has 1 aliphatic rings. The third kappa shape index (κ3) is 6.55. The highest BCUT2D eigenvalue weighted by Gasteiger charge is 2.34. The van der Waals surface area contributed by atoms with Gasteiger partial charge in [-0.1, -0.05) is 29.3 Å². The Bertz CT molecular complexity index is 1230. The number of rotatable bonds is 6. The van der Waals surface area contributed by atoms with Gasteiger partial charge in [0.1, 0.15) is 11.5 Å². The van der Waals surface area contributed by atoms with E-state index in [-0.39, 0.29) is 35.0 Å². The molecular weight excluding hydrogens is 505 g/mol. The number of carbonyl (C=O) groups is 1. The summed E-state index contributed by atoms with van der Waals surface area (Å²) in [5.41, 5.74) is 0.287. The largest absolute Gasteiger partial charge is 0.433 e. The van der Waals surface area contributed by atoms with Gasteiger partial charge in [-0.25, -0.2) is 9.37 Å². The van der Waals surface area contributed by atoms with E-state index in [4.69, 9.17) is 23.2 Å². The Balaban J connectivity index is 1.34. The molecule has 0 spiro atoms. The summed E-state index contributed by atoms with van der Waals surface area (Å²) < 4.78 is 53.6. The van der Waals surface area contributed by atoms with E-state index < -0.39 is 17.7 Å². The van der Waals surface area contributed by atoms with Crippen LogP contribution in [-0.4, -0.2) is 23.0 Å². The molecule has 0 radical (unpaired) electrons. The van der Waals surface area contributed by atoms with Gasteiger partial charge in [-0.05, 0) is 74.1 Å². The molecule has 1 saturated carbocycles. The van der Waals surface area contributed by atoms with E-state index in [0.717, 1.165) is 6.07 Å². The van der Waals surface area contributed by atoms with Crippen molar-refractivity contribution < 1.29 is 22.4 Å². The van der Waals surface area contributed by atoms with Crippen LogP contribution in [0.1, 0.15) is 43.4 Å². The van der Waals surface area contributed by atoms with Gasteiger partial charge >= 0.3 is 6.18 Å². The van der Waals surface area contributed by atoms with Crippen LogP contribution in [-0.2, 0) is 17.4 Å². The fourth-order valence-corrected chi connectivity index (χ4v) is 4.61. The molecule has 4 rings (SSSR count). The van der Waals surface area contributed by atoms with E-state index in [1.54, 1.807) is 12.1 Å². The van der Waals surface area contributed by atoms with Crippen molar-refractivity contribution in [3.63, 3.8) is 0 Å². The SMILES string of the molecule is O=C(CCc1ccc(Cl)c(F)c1)N[C@H]1CC[C@@H](Nc2cc(C(F)(F)F)nc3ccc(Cl)cc23)CC1. The second-order valence-corrected chi connectivity index (χ2v) is 9.57. The number of aryl methyl sites for hydroxylation is 1. The Kier molecular flexibility index (Phi) is 7.71. The molecule has 1 aromatic heterocycles. The Morgan fingerprint density at radius 3 is 2.40 bits per heavy atom. The molecule has 186 valence electrons. The van der Waals surface area contributed by atoms with Crippen molar-refractivity contribution >= 4 is 45.7 Å². The summed E-state index contributed by atoms with van der Waals surface area (Å²) in [6.45, 7) is 0. The van der Waals surface area contributed by atoms with Gasteiger partial charge in [0.05, 0.1) is 10.5 Å². The molecule has 0 atom stereocenters. The smallest absolute Gasteiger partial charge is 0.382 e. The zero-order valence-electron chi connectivity index (χ0n) is 18.6. The predicted molar refractivity (Wildman–Crippen MR) is 129 cm³/mol. The minimum Gasteiger partial charge on any atom is -0.382 e. The lowest BCUT2D eigenvalue weighted by Gasteiger charge is -2.31. The minimum absolute atomic E-state index is 0.0168. The van der Waals surface area contributed by atoms with Crippen LogP contribution in [0.4, 0.5) is 23.2 Å². The summed E-state index contributed by atoms with van der Waals surface area (Å²) >= 11 is 11.7. The molecule has 1 heterocycles. The predicted octanol–water partition coefficient (Wildman–Crippen LogP) is 7.17. The number of carbonyl (C=O) groups excluding carboxylic acids is 1. The quantitative estimate of drug-likeness (QED) is 0.334. The van der Waals surface area contributed by atoms with Gasteiger partial charge < -0.3 is 10.6 Å². The zero-order chi connectivity index (χ0) is 25.2. The third-order valence-corrected chi connectivity index (χ3v) is 6.68. The molecule has 4 nitrogen and oxygen atoms in total. The van der Waals surface area contributed by atoms with E-state index in [1.165, 1.54) is 24.3 Å². The standard InChI is InChI=1S/C25H23Cl2F4N3O/c26-15-3-9-21-18(12-15)22(13-23(34-21)25(29,30)31)32-16-4-6-17(7-5-16)33-24(35)10-2-14-1-8-19(27)20(28)11-14/h1,3,8-9,11-13,16-17H,2,4-7,10H2,(H,32,34)(H,33,35)/t16-,17+. The molecule has 2 N–H and O–H groups in total. The Labute approximate surface area is 210 Å². The first-order chi connectivity index (χ1) is 16.6. The summed E-state index contributed by atoms with van der Waals surface area (Å²) in [5.74, 6) is -0.636. The number of alkyl halides is 3. The van der Waals surface area contributed by atoms with Crippen molar-refractivity contribution in [1.29, 1.82) is 0 Å². The molecule has 0 aliphatic heterocycles. The Morgan fingerprint density at radius 2 is 1.71 bits per heavy atom. The maximum Gasteiger partial charge on any atom is 0.433 e. The fourth-order valence-electron chi connectivity index (χ4n) is 4.32. The first-order valence-electron chi connectivity index (χ1n) is 11.3. The molecule has 1 amide bonds. The molecule has 3 aromatic rings. The third-order valence-electron chi connectivity index (χ3n) is 6.14. The number of halogens is 6. The van der Waals surface area contributed by atoms with Crippen LogP contribution in [0.3, 0.4) is 0 Å². The molecule has 0 unspecified atom stereocenters. The monoisotopic (exact) mass is 527 g/mol. The topological polar surface area (TPSA) is 54.0 Å². The molecule has 2 aromatic carbocycles. The number of pyridine rings is 1.